The molecule has 1 atom stereocenters. The molecule has 0 bridgehead atoms. The molecule has 0 aliphatic heterocycles. The van der Waals surface area contributed by atoms with Gasteiger partial charge in [-0.25, -0.2) is 9.18 Å². The van der Waals surface area contributed by atoms with Crippen LogP contribution in [-0.4, -0.2) is 11.6 Å². The molecule has 0 aromatic heterocycles. The third-order valence-electron chi connectivity index (χ3n) is 2.28. The van der Waals surface area contributed by atoms with Crippen LogP contribution in [0.3, 0.4) is 0 Å². The Labute approximate surface area is 112 Å². The van der Waals surface area contributed by atoms with E-state index in [1.807, 2.05) is 6.07 Å². The molecule has 0 radical (unpaired) electrons. The fourth-order valence-corrected chi connectivity index (χ4v) is 1.41. The summed E-state index contributed by atoms with van der Waals surface area (Å²) in [5.41, 5.74) is -0.425. The summed E-state index contributed by atoms with van der Waals surface area (Å²) in [6.45, 7) is 8.53. The number of alkyl halides is 1. The van der Waals surface area contributed by atoms with Crippen LogP contribution in [0.4, 0.5) is 4.39 Å². The Morgan fingerprint density at radius 3 is 2.63 bits per heavy atom. The Morgan fingerprint density at radius 2 is 2.11 bits per heavy atom. The molecule has 1 aromatic rings. The van der Waals surface area contributed by atoms with Gasteiger partial charge in [0.1, 0.15) is 5.60 Å². The quantitative estimate of drug-likeness (QED) is 0.618. The van der Waals surface area contributed by atoms with E-state index >= 15 is 0 Å². The van der Waals surface area contributed by atoms with Crippen molar-refractivity contribution in [1.29, 1.82) is 5.26 Å². The van der Waals surface area contributed by atoms with E-state index in [0.29, 0.717) is 5.56 Å². The number of esters is 1. The lowest BCUT2D eigenvalue weighted by Crippen LogP contribution is -2.25. The van der Waals surface area contributed by atoms with Gasteiger partial charge in [0.25, 0.3) is 0 Å². The number of carbonyl (C=O) groups is 1. The summed E-state index contributed by atoms with van der Waals surface area (Å²) in [6.07, 6.45) is -1.68. The van der Waals surface area contributed by atoms with Crippen LogP contribution in [0, 0.1) is 11.3 Å². The van der Waals surface area contributed by atoms with E-state index in [2.05, 4.69) is 6.58 Å². The van der Waals surface area contributed by atoms with Crippen molar-refractivity contribution in [2.75, 3.05) is 0 Å². The molecule has 0 aliphatic carbocycles. The van der Waals surface area contributed by atoms with Crippen LogP contribution >= 0.6 is 0 Å². The Morgan fingerprint density at radius 1 is 1.47 bits per heavy atom. The zero-order chi connectivity index (χ0) is 14.6. The normalized spacial score (nSPS) is 12.4. The average molecular weight is 261 g/mol. The minimum absolute atomic E-state index is 0.218. The van der Waals surface area contributed by atoms with Gasteiger partial charge >= 0.3 is 5.97 Å². The van der Waals surface area contributed by atoms with Crippen LogP contribution in [0.1, 0.15) is 38.1 Å². The number of nitrogens with zero attached hydrogens (tertiary/aromatic N) is 1. The molecule has 100 valence electrons. The number of carbonyl (C=O) groups excluding carboxylic acids is 1. The summed E-state index contributed by atoms with van der Waals surface area (Å²) in [5, 5.41) is 8.76. The van der Waals surface area contributed by atoms with Crippen molar-refractivity contribution in [1.82, 2.24) is 0 Å². The maximum Gasteiger partial charge on any atom is 0.337 e. The van der Waals surface area contributed by atoms with Crippen molar-refractivity contribution in [2.24, 2.45) is 0 Å². The van der Waals surface area contributed by atoms with Crippen LogP contribution < -0.4 is 0 Å². The molecule has 1 unspecified atom stereocenters. The molecule has 0 N–H and O–H groups in total. The van der Waals surface area contributed by atoms with Crippen LogP contribution in [0.25, 0.3) is 0 Å². The monoisotopic (exact) mass is 261 g/mol. The number of halogens is 1. The molecular formula is C15H16FNO2. The summed E-state index contributed by atoms with van der Waals surface area (Å²) < 4.78 is 19.2. The largest absolute Gasteiger partial charge is 0.457 e. The highest BCUT2D eigenvalue weighted by Gasteiger charge is 2.25. The topological polar surface area (TPSA) is 50.1 Å². The van der Waals surface area contributed by atoms with E-state index in [0.717, 1.165) is 0 Å². The smallest absolute Gasteiger partial charge is 0.337 e. The Balaban J connectivity index is 2.88. The highest BCUT2D eigenvalue weighted by Crippen LogP contribution is 2.27. The second-order valence-electron chi connectivity index (χ2n) is 5.13. The molecule has 1 aromatic carbocycles. The molecule has 3 nitrogen and oxygen atoms in total. The molecule has 0 saturated carbocycles. The van der Waals surface area contributed by atoms with Gasteiger partial charge < -0.3 is 4.74 Å². The zero-order valence-corrected chi connectivity index (χ0v) is 11.2. The van der Waals surface area contributed by atoms with Gasteiger partial charge in [0.15, 0.2) is 6.17 Å². The van der Waals surface area contributed by atoms with Crippen LogP contribution in [0.2, 0.25) is 0 Å². The lowest BCUT2D eigenvalue weighted by atomic mass is 10.0. The molecule has 0 saturated heterocycles. The van der Waals surface area contributed by atoms with E-state index in [9.17, 15) is 9.18 Å². The van der Waals surface area contributed by atoms with Crippen molar-refractivity contribution in [3.8, 4) is 6.07 Å². The molecule has 0 spiro atoms. The minimum atomic E-state index is -1.68. The molecule has 0 heterocycles. The van der Waals surface area contributed by atoms with Crippen molar-refractivity contribution in [3.05, 3.63) is 47.5 Å². The number of hydrogen-bond acceptors (Lipinski definition) is 3. The molecule has 1 rings (SSSR count). The van der Waals surface area contributed by atoms with Gasteiger partial charge in [-0.2, -0.15) is 5.26 Å². The average Bonchev–Trinajstić information content (AvgIpc) is 2.35. The van der Waals surface area contributed by atoms with Gasteiger partial charge in [0.05, 0.1) is 17.2 Å². The lowest BCUT2D eigenvalue weighted by Gasteiger charge is -2.21. The predicted octanol–water partition coefficient (Wildman–Crippen LogP) is 3.47. The van der Waals surface area contributed by atoms with Gasteiger partial charge in [0, 0.05) is 0 Å². The van der Waals surface area contributed by atoms with Crippen molar-refractivity contribution >= 4 is 5.97 Å². The van der Waals surface area contributed by atoms with Gasteiger partial charge in [0.2, 0.25) is 0 Å². The second-order valence-corrected chi connectivity index (χ2v) is 5.13. The minimum Gasteiger partial charge on any atom is -0.457 e. The zero-order valence-electron chi connectivity index (χ0n) is 11.2. The number of benzene rings is 1. The number of rotatable bonds is 3. The van der Waals surface area contributed by atoms with Gasteiger partial charge in [-0.15, -0.1) is 0 Å². The summed E-state index contributed by atoms with van der Waals surface area (Å²) >= 11 is 0. The fourth-order valence-electron chi connectivity index (χ4n) is 1.41. The van der Waals surface area contributed by atoms with Gasteiger partial charge in [-0.3, -0.25) is 0 Å². The Hall–Kier alpha value is -2.15. The van der Waals surface area contributed by atoms with Crippen LogP contribution in [-0.2, 0) is 9.53 Å². The first-order valence-electron chi connectivity index (χ1n) is 5.81. The third kappa shape index (κ3) is 4.22. The maximum absolute atomic E-state index is 14.2. The maximum atomic E-state index is 14.2. The standard InChI is InChI=1S/C15H16FNO2/c1-10(14(18)19-15(2,3)4)13(16)12-7-5-6-11(8-12)9-17/h5-8,13H,1H2,2-4H3. The van der Waals surface area contributed by atoms with E-state index in [-0.39, 0.29) is 11.1 Å². The second kappa shape index (κ2) is 5.66. The van der Waals surface area contributed by atoms with E-state index in [4.69, 9.17) is 10.00 Å². The number of ether oxygens (including phenoxy) is 1. The number of nitriles is 1. The highest BCUT2D eigenvalue weighted by molar-refractivity contribution is 5.89. The summed E-state index contributed by atoms with van der Waals surface area (Å²) in [5.74, 6) is -0.776. The molecule has 19 heavy (non-hydrogen) atoms. The summed E-state index contributed by atoms with van der Waals surface area (Å²) in [7, 11) is 0. The van der Waals surface area contributed by atoms with Gasteiger partial charge in [-0.1, -0.05) is 18.7 Å². The molecular weight excluding hydrogens is 245 g/mol. The van der Waals surface area contributed by atoms with E-state index in [1.165, 1.54) is 12.1 Å². The van der Waals surface area contributed by atoms with Crippen molar-refractivity contribution < 1.29 is 13.9 Å². The Kier molecular flexibility index (Phi) is 4.44. The molecule has 0 aliphatic rings. The fraction of sp³-hybridized carbons (Fsp3) is 0.333. The first-order chi connectivity index (χ1) is 8.74. The van der Waals surface area contributed by atoms with Crippen molar-refractivity contribution in [2.45, 2.75) is 32.5 Å². The van der Waals surface area contributed by atoms with E-state index < -0.39 is 17.7 Å². The molecule has 0 amide bonds. The third-order valence-corrected chi connectivity index (χ3v) is 2.28. The summed E-state index contributed by atoms with van der Waals surface area (Å²) in [6, 6.07) is 7.93. The lowest BCUT2D eigenvalue weighted by molar-refractivity contribution is -0.150. The van der Waals surface area contributed by atoms with Crippen molar-refractivity contribution in [3.63, 3.8) is 0 Å². The Bertz CT molecular complexity index is 538. The first kappa shape index (κ1) is 14.9. The first-order valence-corrected chi connectivity index (χ1v) is 5.81. The van der Waals surface area contributed by atoms with Crippen LogP contribution in [0.5, 0.6) is 0 Å². The summed E-state index contributed by atoms with van der Waals surface area (Å²) in [4.78, 5) is 11.7. The van der Waals surface area contributed by atoms with E-state index in [1.54, 1.807) is 32.9 Å². The SMILES string of the molecule is C=C(C(=O)OC(C)(C)C)C(F)c1cccc(C#N)c1. The number of hydrogen-bond donors (Lipinski definition) is 0. The predicted molar refractivity (Wildman–Crippen MR) is 70.0 cm³/mol. The molecule has 4 heteroatoms. The molecule has 0 fully saturated rings. The van der Waals surface area contributed by atoms with Crippen LogP contribution in [0.15, 0.2) is 36.4 Å². The van der Waals surface area contributed by atoms with Gasteiger partial charge in [-0.05, 0) is 38.5 Å². The highest BCUT2D eigenvalue weighted by atomic mass is 19.1.